The van der Waals surface area contributed by atoms with Crippen LogP contribution in [0.15, 0.2) is 146 Å². The summed E-state index contributed by atoms with van der Waals surface area (Å²) in [6.45, 7) is 17.8. The van der Waals surface area contributed by atoms with Crippen LogP contribution >= 0.6 is 0 Å². The Hall–Kier alpha value is -6.64. The molecule has 0 aliphatic carbocycles. The number of para-hydroxylation sites is 2. The fourth-order valence-corrected chi connectivity index (χ4v) is 10.3. The molecule has 0 saturated carbocycles. The van der Waals surface area contributed by atoms with Gasteiger partial charge < -0.3 is 9.13 Å². The van der Waals surface area contributed by atoms with E-state index in [1.165, 1.54) is 133 Å². The summed E-state index contributed by atoms with van der Waals surface area (Å²) in [5.74, 6) is 0. The van der Waals surface area contributed by atoms with Crippen molar-refractivity contribution < 1.29 is 0 Å². The van der Waals surface area contributed by atoms with Gasteiger partial charge in [0.15, 0.2) is 0 Å². The van der Waals surface area contributed by atoms with E-state index in [0.717, 1.165) is 0 Å². The molecule has 2 aromatic heterocycles. The van der Waals surface area contributed by atoms with Gasteiger partial charge in [-0.15, -0.1) is 0 Å². The summed E-state index contributed by atoms with van der Waals surface area (Å²) in [5, 5.41) is 5.11. The predicted octanol–water partition coefficient (Wildman–Crippen LogP) is 15.3. The first-order valence-corrected chi connectivity index (χ1v) is 20.5. The molecule has 10 aromatic rings. The number of hydrogen-bond donors (Lipinski definition) is 0. The molecule has 0 fully saturated rings. The molecule has 2 heterocycles. The Bertz CT molecular complexity index is 3040. The van der Waals surface area contributed by atoms with Gasteiger partial charge in [0.25, 0.3) is 0 Å². The van der Waals surface area contributed by atoms with Crippen molar-refractivity contribution in [1.29, 1.82) is 0 Å². The molecule has 8 aromatic carbocycles. The van der Waals surface area contributed by atoms with E-state index in [9.17, 15) is 0 Å². The predicted molar refractivity (Wildman–Crippen MR) is 249 cm³/mol. The van der Waals surface area contributed by atoms with Gasteiger partial charge in [0.1, 0.15) is 0 Å². The van der Waals surface area contributed by atoms with Crippen LogP contribution in [0.2, 0.25) is 0 Å². The Morgan fingerprint density at radius 1 is 0.293 bits per heavy atom. The van der Waals surface area contributed by atoms with Crippen molar-refractivity contribution in [2.45, 2.75) is 55.4 Å². The second-order valence-corrected chi connectivity index (χ2v) is 16.7. The minimum absolute atomic E-state index is 1.18. The first-order chi connectivity index (χ1) is 28.0. The molecule has 0 bridgehead atoms. The number of rotatable bonds is 5. The summed E-state index contributed by atoms with van der Waals surface area (Å²) < 4.78 is 4.87. The second-order valence-electron chi connectivity index (χ2n) is 16.7. The van der Waals surface area contributed by atoms with E-state index in [2.05, 4.69) is 210 Å². The molecule has 10 rings (SSSR count). The van der Waals surface area contributed by atoms with Crippen molar-refractivity contribution in [3.8, 4) is 44.8 Å². The molecular formula is C56H48N2. The lowest BCUT2D eigenvalue weighted by Crippen LogP contribution is -1.98. The molecule has 0 unspecified atom stereocenters. The zero-order valence-corrected chi connectivity index (χ0v) is 34.8. The number of aromatic nitrogens is 2. The molecule has 0 aliphatic heterocycles. The third kappa shape index (κ3) is 5.62. The lowest BCUT2D eigenvalue weighted by atomic mass is 9.93. The quantitative estimate of drug-likeness (QED) is 0.166. The van der Waals surface area contributed by atoms with Gasteiger partial charge in [-0.05, 0) is 183 Å². The van der Waals surface area contributed by atoms with Crippen LogP contribution in [0.4, 0.5) is 0 Å². The van der Waals surface area contributed by atoms with Crippen molar-refractivity contribution >= 4 is 43.6 Å². The summed E-state index contributed by atoms with van der Waals surface area (Å²) in [7, 11) is 0. The minimum atomic E-state index is 1.18. The number of fused-ring (bicyclic) bond motifs is 6. The average molecular weight is 749 g/mol. The van der Waals surface area contributed by atoms with Crippen molar-refractivity contribution in [3.63, 3.8) is 0 Å². The smallest absolute Gasteiger partial charge is 0.0541 e. The Kier molecular flexibility index (Phi) is 8.32. The number of nitrogens with zero attached hydrogens (tertiary/aromatic N) is 2. The van der Waals surface area contributed by atoms with Crippen LogP contribution in [-0.2, 0) is 0 Å². The monoisotopic (exact) mass is 748 g/mol. The molecule has 0 saturated heterocycles. The minimum Gasteiger partial charge on any atom is -0.309 e. The highest BCUT2D eigenvalue weighted by atomic mass is 15.0. The third-order valence-electron chi connectivity index (χ3n) is 12.5. The average Bonchev–Trinajstić information content (AvgIpc) is 3.70. The van der Waals surface area contributed by atoms with Gasteiger partial charge in [0.2, 0.25) is 0 Å². The number of aryl methyl sites for hydroxylation is 8. The first-order valence-electron chi connectivity index (χ1n) is 20.5. The molecule has 58 heavy (non-hydrogen) atoms. The van der Waals surface area contributed by atoms with Gasteiger partial charge in [-0.1, -0.05) is 96.1 Å². The van der Waals surface area contributed by atoms with Crippen molar-refractivity contribution in [2.24, 2.45) is 0 Å². The van der Waals surface area contributed by atoms with E-state index in [0.29, 0.717) is 0 Å². The van der Waals surface area contributed by atoms with Crippen LogP contribution in [0.25, 0.3) is 88.4 Å². The molecule has 0 atom stereocenters. The molecule has 0 aliphatic rings. The van der Waals surface area contributed by atoms with Crippen LogP contribution in [0.3, 0.4) is 0 Å². The van der Waals surface area contributed by atoms with Gasteiger partial charge >= 0.3 is 0 Å². The topological polar surface area (TPSA) is 9.86 Å². The number of benzene rings is 8. The van der Waals surface area contributed by atoms with Crippen LogP contribution in [-0.4, -0.2) is 9.13 Å². The van der Waals surface area contributed by atoms with Crippen molar-refractivity contribution in [2.75, 3.05) is 0 Å². The van der Waals surface area contributed by atoms with Gasteiger partial charge in [-0.2, -0.15) is 0 Å². The van der Waals surface area contributed by atoms with E-state index >= 15 is 0 Å². The highest BCUT2D eigenvalue weighted by Crippen LogP contribution is 2.40. The SMILES string of the molecule is Cc1cc(C)c(-c2ccc3c(c2)c2ccccc2n3-c2ccc(-c3ccc(-n4c5ccccc5c5cc(-c6c(C)cc(C)cc6C)ccc54)cc3C)c(C)c2)c(C)c1. The Labute approximate surface area is 341 Å². The lowest BCUT2D eigenvalue weighted by molar-refractivity contribution is 1.16. The fraction of sp³-hybridized carbons (Fsp3) is 0.143. The fourth-order valence-electron chi connectivity index (χ4n) is 10.3. The van der Waals surface area contributed by atoms with E-state index < -0.39 is 0 Å². The summed E-state index contributed by atoms with van der Waals surface area (Å²) in [6, 6.07) is 54.8. The third-order valence-corrected chi connectivity index (χ3v) is 12.5. The molecule has 2 heteroatoms. The molecule has 0 N–H and O–H groups in total. The maximum Gasteiger partial charge on any atom is 0.0541 e. The lowest BCUT2D eigenvalue weighted by Gasteiger charge is -2.16. The molecule has 282 valence electrons. The van der Waals surface area contributed by atoms with E-state index in [4.69, 9.17) is 0 Å². The highest BCUT2D eigenvalue weighted by molar-refractivity contribution is 6.12. The van der Waals surface area contributed by atoms with Gasteiger partial charge in [-0.25, -0.2) is 0 Å². The maximum absolute atomic E-state index is 2.44. The van der Waals surface area contributed by atoms with Gasteiger partial charge in [0.05, 0.1) is 22.1 Å². The normalized spacial score (nSPS) is 11.8. The summed E-state index contributed by atoms with van der Waals surface area (Å²) in [4.78, 5) is 0. The molecule has 0 spiro atoms. The molecular weight excluding hydrogens is 701 g/mol. The summed E-state index contributed by atoms with van der Waals surface area (Å²) in [5.41, 5.74) is 25.4. The molecule has 2 nitrogen and oxygen atoms in total. The summed E-state index contributed by atoms with van der Waals surface area (Å²) in [6.07, 6.45) is 0. The maximum atomic E-state index is 2.44. The van der Waals surface area contributed by atoms with Gasteiger partial charge in [0, 0.05) is 32.9 Å². The summed E-state index contributed by atoms with van der Waals surface area (Å²) >= 11 is 0. The van der Waals surface area contributed by atoms with Crippen LogP contribution < -0.4 is 0 Å². The van der Waals surface area contributed by atoms with Crippen molar-refractivity contribution in [1.82, 2.24) is 9.13 Å². The van der Waals surface area contributed by atoms with Crippen LogP contribution in [0.5, 0.6) is 0 Å². The zero-order valence-electron chi connectivity index (χ0n) is 34.8. The highest BCUT2D eigenvalue weighted by Gasteiger charge is 2.18. The first kappa shape index (κ1) is 35.8. The Morgan fingerprint density at radius 2 is 0.655 bits per heavy atom. The van der Waals surface area contributed by atoms with Crippen molar-refractivity contribution in [3.05, 3.63) is 190 Å². The standard InChI is InChI=1S/C56H48N2/c1-33-25-37(5)55(38(6)26-33)41-17-23-53-49(31-41)47-13-9-11-15-51(47)57(53)43-19-21-45(35(3)29-43)46-22-20-44(30-36(46)4)58-52-16-12-10-14-48(52)50-32-42(18-24-54(50)58)56-39(7)27-34(2)28-40(56)8/h9-32H,1-8H3. The molecule has 0 radical (unpaired) electrons. The van der Waals surface area contributed by atoms with Crippen LogP contribution in [0, 0.1) is 55.4 Å². The van der Waals surface area contributed by atoms with E-state index in [1.807, 2.05) is 0 Å². The zero-order chi connectivity index (χ0) is 40.0. The van der Waals surface area contributed by atoms with Crippen LogP contribution in [0.1, 0.15) is 44.5 Å². The molecule has 0 amide bonds. The largest absolute Gasteiger partial charge is 0.309 e. The second kappa shape index (κ2) is 13.5. The Balaban J connectivity index is 1.05. The number of hydrogen-bond acceptors (Lipinski definition) is 0. The van der Waals surface area contributed by atoms with Gasteiger partial charge in [-0.3, -0.25) is 0 Å². The van der Waals surface area contributed by atoms with E-state index in [1.54, 1.807) is 0 Å². The Morgan fingerprint density at radius 3 is 1.03 bits per heavy atom. The van der Waals surface area contributed by atoms with E-state index in [-0.39, 0.29) is 0 Å².